The van der Waals surface area contributed by atoms with E-state index in [4.69, 9.17) is 11.6 Å². The van der Waals surface area contributed by atoms with Gasteiger partial charge in [0.25, 0.3) is 0 Å². The van der Waals surface area contributed by atoms with Crippen molar-refractivity contribution in [3.63, 3.8) is 0 Å². The van der Waals surface area contributed by atoms with Crippen LogP contribution in [0.15, 0.2) is 12.1 Å². The summed E-state index contributed by atoms with van der Waals surface area (Å²) in [6.45, 7) is 4.13. The van der Waals surface area contributed by atoms with Crippen LogP contribution in [0.1, 0.15) is 12.5 Å². The molecule has 2 atom stereocenters. The second kappa shape index (κ2) is 3.60. The third kappa shape index (κ3) is 1.42. The van der Waals surface area contributed by atoms with Crippen molar-refractivity contribution in [2.24, 2.45) is 0 Å². The Hall–Kier alpha value is -0.800. The summed E-state index contributed by atoms with van der Waals surface area (Å²) in [5.74, 6) is -0.305. The lowest BCUT2D eigenvalue weighted by Gasteiger charge is -2.38. The number of nitrogens with one attached hydrogen (secondary N) is 1. The summed E-state index contributed by atoms with van der Waals surface area (Å²) in [6.07, 6.45) is 0.917. The molecule has 0 bridgehead atoms. The molecule has 0 saturated carbocycles. The molecule has 0 spiro atoms. The summed E-state index contributed by atoms with van der Waals surface area (Å²) in [6, 6.07) is 4.26. The maximum Gasteiger partial charge on any atom is 0.142 e. The second-order valence-electron chi connectivity index (χ2n) is 4.67. The molecule has 0 radical (unpaired) electrons. The van der Waals surface area contributed by atoms with Crippen LogP contribution in [0, 0.1) is 5.82 Å². The van der Waals surface area contributed by atoms with E-state index in [-0.39, 0.29) is 10.8 Å². The van der Waals surface area contributed by atoms with Gasteiger partial charge in [0, 0.05) is 30.9 Å². The molecule has 2 aliphatic heterocycles. The summed E-state index contributed by atoms with van der Waals surface area (Å²) in [7, 11) is 0. The van der Waals surface area contributed by atoms with E-state index in [1.807, 2.05) is 0 Å². The number of halogens is 2. The summed E-state index contributed by atoms with van der Waals surface area (Å²) in [5.41, 5.74) is 2.20. The lowest BCUT2D eigenvalue weighted by molar-refractivity contribution is 0.430. The van der Waals surface area contributed by atoms with E-state index in [0.29, 0.717) is 12.1 Å². The minimum atomic E-state index is -0.305. The normalized spacial score (nSPS) is 27.8. The molecule has 2 nitrogen and oxygen atoms in total. The summed E-state index contributed by atoms with van der Waals surface area (Å²) < 4.78 is 13.4. The van der Waals surface area contributed by atoms with Crippen LogP contribution < -0.4 is 10.2 Å². The van der Waals surface area contributed by atoms with Gasteiger partial charge in [-0.25, -0.2) is 4.39 Å². The molecule has 2 heterocycles. The van der Waals surface area contributed by atoms with Crippen molar-refractivity contribution in [1.29, 1.82) is 0 Å². The van der Waals surface area contributed by atoms with Crippen molar-refractivity contribution in [3.05, 3.63) is 28.5 Å². The van der Waals surface area contributed by atoms with Crippen LogP contribution in [0.3, 0.4) is 0 Å². The topological polar surface area (TPSA) is 15.3 Å². The van der Waals surface area contributed by atoms with Crippen LogP contribution in [0.5, 0.6) is 0 Å². The zero-order chi connectivity index (χ0) is 11.3. The Morgan fingerprint density at radius 3 is 3.06 bits per heavy atom. The van der Waals surface area contributed by atoms with E-state index in [1.165, 1.54) is 0 Å². The summed E-state index contributed by atoms with van der Waals surface area (Å²) >= 11 is 5.85. The highest BCUT2D eigenvalue weighted by Crippen LogP contribution is 2.37. The first kappa shape index (κ1) is 10.4. The molecule has 0 amide bonds. The molecule has 0 aromatic heterocycles. The fourth-order valence-electron chi connectivity index (χ4n) is 2.86. The van der Waals surface area contributed by atoms with Gasteiger partial charge in [-0.1, -0.05) is 11.6 Å². The van der Waals surface area contributed by atoms with Crippen LogP contribution in [0.2, 0.25) is 5.02 Å². The first-order valence-electron chi connectivity index (χ1n) is 5.64. The number of anilines is 1. The van der Waals surface area contributed by atoms with Crippen LogP contribution in [0.25, 0.3) is 0 Å². The Balaban J connectivity index is 2.06. The van der Waals surface area contributed by atoms with E-state index in [9.17, 15) is 4.39 Å². The van der Waals surface area contributed by atoms with Crippen LogP contribution >= 0.6 is 11.6 Å². The van der Waals surface area contributed by atoms with E-state index in [0.717, 1.165) is 30.8 Å². The number of piperazine rings is 1. The molecule has 1 aromatic carbocycles. The predicted molar refractivity (Wildman–Crippen MR) is 63.7 cm³/mol. The van der Waals surface area contributed by atoms with Gasteiger partial charge in [0.1, 0.15) is 5.82 Å². The van der Waals surface area contributed by atoms with E-state index in [2.05, 4.69) is 17.1 Å². The molecule has 4 heteroatoms. The quantitative estimate of drug-likeness (QED) is 0.748. The van der Waals surface area contributed by atoms with E-state index in [1.54, 1.807) is 12.1 Å². The highest BCUT2D eigenvalue weighted by atomic mass is 35.5. The minimum absolute atomic E-state index is 0.227. The molecular weight excluding hydrogens is 227 g/mol. The lowest BCUT2D eigenvalue weighted by atomic mass is 10.1. The Morgan fingerprint density at radius 2 is 2.25 bits per heavy atom. The molecule has 1 saturated heterocycles. The monoisotopic (exact) mass is 240 g/mol. The van der Waals surface area contributed by atoms with Gasteiger partial charge >= 0.3 is 0 Å². The van der Waals surface area contributed by atoms with Gasteiger partial charge in [-0.3, -0.25) is 0 Å². The summed E-state index contributed by atoms with van der Waals surface area (Å²) in [4.78, 5) is 2.37. The number of hydrogen-bond acceptors (Lipinski definition) is 2. The molecule has 86 valence electrons. The minimum Gasteiger partial charge on any atom is -0.363 e. The van der Waals surface area contributed by atoms with Gasteiger partial charge in [-0.2, -0.15) is 0 Å². The molecule has 3 rings (SSSR count). The molecule has 1 fully saturated rings. The third-order valence-corrected chi connectivity index (χ3v) is 3.83. The van der Waals surface area contributed by atoms with Crippen molar-refractivity contribution in [2.45, 2.75) is 25.4 Å². The Labute approximate surface area is 99.4 Å². The molecular formula is C12H14ClFN2. The average Bonchev–Trinajstić information content (AvgIpc) is 2.58. The molecule has 1 N–H and O–H groups in total. The van der Waals surface area contributed by atoms with Gasteiger partial charge in [-0.05, 0) is 31.0 Å². The Kier molecular flexibility index (Phi) is 2.33. The number of benzene rings is 1. The molecule has 0 aliphatic carbocycles. The van der Waals surface area contributed by atoms with Gasteiger partial charge < -0.3 is 10.2 Å². The third-order valence-electron chi connectivity index (χ3n) is 3.54. The molecule has 16 heavy (non-hydrogen) atoms. The first-order chi connectivity index (χ1) is 7.66. The van der Waals surface area contributed by atoms with Crippen molar-refractivity contribution < 1.29 is 4.39 Å². The van der Waals surface area contributed by atoms with Gasteiger partial charge in [-0.15, -0.1) is 0 Å². The highest BCUT2D eigenvalue weighted by Gasteiger charge is 2.35. The largest absolute Gasteiger partial charge is 0.363 e. The first-order valence-corrected chi connectivity index (χ1v) is 6.01. The standard InChI is InChI=1S/C12H14ClFN2/c1-7-5-15-6-9-2-8-3-11(14)10(13)4-12(8)16(7)9/h3-4,7,9,15H,2,5-6H2,1H3. The molecule has 2 unspecified atom stereocenters. The highest BCUT2D eigenvalue weighted by molar-refractivity contribution is 6.31. The number of hydrogen-bond donors (Lipinski definition) is 1. The smallest absolute Gasteiger partial charge is 0.142 e. The number of rotatable bonds is 0. The lowest BCUT2D eigenvalue weighted by Crippen LogP contribution is -2.54. The van der Waals surface area contributed by atoms with Gasteiger partial charge in [0.15, 0.2) is 0 Å². The Bertz CT molecular complexity index is 435. The molecule has 2 aliphatic rings. The predicted octanol–water partition coefficient (Wildman–Crippen LogP) is 2.20. The Morgan fingerprint density at radius 1 is 1.44 bits per heavy atom. The molecule has 1 aromatic rings. The fourth-order valence-corrected chi connectivity index (χ4v) is 3.01. The van der Waals surface area contributed by atoms with E-state index >= 15 is 0 Å². The fraction of sp³-hybridized carbons (Fsp3) is 0.500. The SMILES string of the molecule is CC1CNCC2Cc3cc(F)c(Cl)cc3N12. The maximum absolute atomic E-state index is 13.4. The summed E-state index contributed by atoms with van der Waals surface area (Å²) in [5, 5.41) is 3.63. The zero-order valence-corrected chi connectivity index (χ0v) is 9.89. The average molecular weight is 241 g/mol. The zero-order valence-electron chi connectivity index (χ0n) is 9.13. The number of nitrogens with zero attached hydrogens (tertiary/aromatic N) is 1. The maximum atomic E-state index is 13.4. The van der Waals surface area contributed by atoms with Gasteiger partial charge in [0.05, 0.1) is 5.02 Å². The van der Waals surface area contributed by atoms with Crippen molar-refractivity contribution in [1.82, 2.24) is 5.32 Å². The number of fused-ring (bicyclic) bond motifs is 3. The van der Waals surface area contributed by atoms with Crippen LogP contribution in [0.4, 0.5) is 10.1 Å². The van der Waals surface area contributed by atoms with Crippen LogP contribution in [-0.2, 0) is 6.42 Å². The van der Waals surface area contributed by atoms with E-state index < -0.39 is 0 Å². The van der Waals surface area contributed by atoms with Crippen LogP contribution in [-0.4, -0.2) is 25.2 Å². The van der Waals surface area contributed by atoms with Gasteiger partial charge in [0.2, 0.25) is 0 Å². The van der Waals surface area contributed by atoms with Crippen molar-refractivity contribution in [2.75, 3.05) is 18.0 Å². The van der Waals surface area contributed by atoms with Crippen molar-refractivity contribution in [3.8, 4) is 0 Å². The second-order valence-corrected chi connectivity index (χ2v) is 5.07. The van der Waals surface area contributed by atoms with Crippen molar-refractivity contribution >= 4 is 17.3 Å².